The molecule has 0 fully saturated rings. The number of benzene rings is 2. The first-order valence-electron chi connectivity index (χ1n) is 9.31. The molecule has 0 saturated carbocycles. The van der Waals surface area contributed by atoms with Gasteiger partial charge in [0.25, 0.3) is 0 Å². The van der Waals surface area contributed by atoms with Crippen LogP contribution in [0, 0.1) is 6.92 Å². The Labute approximate surface area is 190 Å². The Kier molecular flexibility index (Phi) is 5.98. The maximum atomic E-state index is 13.0. The second-order valence-electron chi connectivity index (χ2n) is 6.95. The predicted octanol–water partition coefficient (Wildman–Crippen LogP) is 6.55. The molecule has 166 valence electrons. The van der Waals surface area contributed by atoms with Crippen LogP contribution in [0.5, 0.6) is 5.75 Å². The average molecular weight is 481 g/mol. The van der Waals surface area contributed by atoms with Gasteiger partial charge in [-0.15, -0.1) is 0 Å². The lowest BCUT2D eigenvalue weighted by Gasteiger charge is -2.23. The van der Waals surface area contributed by atoms with E-state index in [1.54, 1.807) is 36.4 Å². The third-order valence-electron chi connectivity index (χ3n) is 4.59. The summed E-state index contributed by atoms with van der Waals surface area (Å²) in [7, 11) is 0. The van der Waals surface area contributed by atoms with Gasteiger partial charge in [-0.3, -0.25) is 0 Å². The Morgan fingerprint density at radius 1 is 1.22 bits per heavy atom. The first kappa shape index (κ1) is 22.0. The summed E-state index contributed by atoms with van der Waals surface area (Å²) in [5.41, 5.74) is 1.21. The zero-order valence-corrected chi connectivity index (χ0v) is 18.1. The topological polar surface area (TPSA) is 66.5 Å². The third-order valence-corrected chi connectivity index (χ3v) is 5.73. The summed E-state index contributed by atoms with van der Waals surface area (Å²) in [5, 5.41) is 6.23. The molecular formula is C21H16ClF3N4O2S. The summed E-state index contributed by atoms with van der Waals surface area (Å²) >= 11 is 7.02. The molecule has 3 aromatic rings. The molecule has 6 nitrogen and oxygen atoms in total. The van der Waals surface area contributed by atoms with Gasteiger partial charge < -0.3 is 15.5 Å². The monoisotopic (exact) mass is 480 g/mol. The summed E-state index contributed by atoms with van der Waals surface area (Å²) < 4.78 is 43.1. The van der Waals surface area contributed by atoms with E-state index in [0.717, 1.165) is 22.6 Å². The number of nitrogens with zero attached hydrogens (tertiary/aromatic N) is 2. The lowest BCUT2D eigenvalue weighted by molar-refractivity contribution is -0.137. The van der Waals surface area contributed by atoms with E-state index in [9.17, 15) is 18.0 Å². The first-order valence-corrected chi connectivity index (χ1v) is 10.5. The predicted molar refractivity (Wildman–Crippen MR) is 118 cm³/mol. The second-order valence-corrected chi connectivity index (χ2v) is 8.19. The van der Waals surface area contributed by atoms with Crippen LogP contribution < -0.4 is 15.5 Å². The van der Waals surface area contributed by atoms with Crippen molar-refractivity contribution in [3.05, 3.63) is 75.4 Å². The van der Waals surface area contributed by atoms with Crippen molar-refractivity contribution in [1.29, 1.82) is 0 Å². The molecule has 0 radical (unpaired) electrons. The van der Waals surface area contributed by atoms with Crippen LogP contribution >= 0.6 is 23.1 Å². The molecule has 4 rings (SSSR count). The van der Waals surface area contributed by atoms with Crippen molar-refractivity contribution in [2.24, 2.45) is 0 Å². The third kappa shape index (κ3) is 4.97. The fourth-order valence-electron chi connectivity index (χ4n) is 3.03. The number of hydrogen-bond acceptors (Lipinski definition) is 5. The van der Waals surface area contributed by atoms with Crippen LogP contribution in [0.15, 0.2) is 48.8 Å². The van der Waals surface area contributed by atoms with E-state index in [1.165, 1.54) is 17.6 Å². The second kappa shape index (κ2) is 8.71. The molecular weight excluding hydrogens is 465 g/mol. The Balaban J connectivity index is 1.39. The smallest absolute Gasteiger partial charge is 0.380 e. The van der Waals surface area contributed by atoms with Gasteiger partial charge in [0.2, 0.25) is 0 Å². The molecule has 2 heterocycles. The van der Waals surface area contributed by atoms with Gasteiger partial charge in [0.15, 0.2) is 5.75 Å². The quantitative estimate of drug-likeness (QED) is 0.444. The number of hydroxylamine groups is 2. The van der Waals surface area contributed by atoms with Gasteiger partial charge in [0.1, 0.15) is 0 Å². The molecule has 0 aliphatic carbocycles. The maximum absolute atomic E-state index is 13.0. The molecule has 2 aromatic carbocycles. The number of fused-ring (bicyclic) bond motifs is 1. The highest BCUT2D eigenvalue weighted by molar-refractivity contribution is 7.06. The molecule has 0 bridgehead atoms. The number of aromatic nitrogens is 1. The molecule has 1 aliphatic rings. The Morgan fingerprint density at radius 2 is 2.03 bits per heavy atom. The van der Waals surface area contributed by atoms with E-state index < -0.39 is 22.8 Å². The SMILES string of the molecule is Cc1cc(ON2C=Cc3sncc3C2)ccc1NC(=O)Nc1ccc(Cl)c(C(F)(F)F)c1. The molecule has 0 unspecified atom stereocenters. The summed E-state index contributed by atoms with van der Waals surface area (Å²) in [6, 6.07) is 7.55. The zero-order chi connectivity index (χ0) is 22.9. The molecule has 32 heavy (non-hydrogen) atoms. The fraction of sp³-hybridized carbons (Fsp3) is 0.143. The number of urea groups is 1. The molecule has 1 aromatic heterocycles. The van der Waals surface area contributed by atoms with E-state index in [-0.39, 0.29) is 5.69 Å². The normalized spacial score (nSPS) is 13.0. The zero-order valence-electron chi connectivity index (χ0n) is 16.5. The number of nitrogens with one attached hydrogen (secondary N) is 2. The van der Waals surface area contributed by atoms with Crippen LogP contribution in [0.1, 0.15) is 21.6 Å². The highest BCUT2D eigenvalue weighted by Gasteiger charge is 2.33. The number of hydrogen-bond donors (Lipinski definition) is 2. The van der Waals surface area contributed by atoms with Crippen molar-refractivity contribution in [2.75, 3.05) is 10.6 Å². The molecule has 0 atom stereocenters. The Morgan fingerprint density at radius 3 is 2.78 bits per heavy atom. The highest BCUT2D eigenvalue weighted by atomic mass is 35.5. The van der Waals surface area contributed by atoms with Gasteiger partial charge in [-0.2, -0.15) is 13.2 Å². The molecule has 2 N–H and O–H groups in total. The van der Waals surface area contributed by atoms with Crippen molar-refractivity contribution in [2.45, 2.75) is 19.6 Å². The van der Waals surface area contributed by atoms with E-state index in [1.807, 2.05) is 12.3 Å². The minimum absolute atomic E-state index is 0.0315. The number of rotatable bonds is 4. The van der Waals surface area contributed by atoms with Crippen molar-refractivity contribution in [1.82, 2.24) is 9.44 Å². The minimum Gasteiger partial charge on any atom is -0.380 e. The van der Waals surface area contributed by atoms with Gasteiger partial charge in [-0.05, 0) is 66.5 Å². The highest BCUT2D eigenvalue weighted by Crippen LogP contribution is 2.36. The van der Waals surface area contributed by atoms with Crippen LogP contribution in [0.3, 0.4) is 0 Å². The van der Waals surface area contributed by atoms with Gasteiger partial charge in [0, 0.05) is 29.3 Å². The van der Waals surface area contributed by atoms with Gasteiger partial charge in [-0.25, -0.2) is 14.2 Å². The number of aryl methyl sites for hydroxylation is 1. The summed E-state index contributed by atoms with van der Waals surface area (Å²) in [6.07, 6.45) is 0.916. The number of halogens is 4. The van der Waals surface area contributed by atoms with Crippen LogP contribution in [0.4, 0.5) is 29.3 Å². The van der Waals surface area contributed by atoms with E-state index in [0.29, 0.717) is 23.5 Å². The largest absolute Gasteiger partial charge is 0.417 e. The summed E-state index contributed by atoms with van der Waals surface area (Å²) in [6.45, 7) is 2.34. The first-order chi connectivity index (χ1) is 15.2. The van der Waals surface area contributed by atoms with Crippen LogP contribution in [0.2, 0.25) is 5.02 Å². The Hall–Kier alpha value is -3.24. The maximum Gasteiger partial charge on any atom is 0.417 e. The molecule has 2 amide bonds. The summed E-state index contributed by atoms with van der Waals surface area (Å²) in [5.74, 6) is 0.567. The van der Waals surface area contributed by atoms with Crippen LogP contribution in [-0.4, -0.2) is 15.5 Å². The summed E-state index contributed by atoms with van der Waals surface area (Å²) in [4.78, 5) is 19.2. The standard InChI is InChI=1S/C21H16ClF3N4O2S/c1-12-8-15(31-29-7-6-19-13(11-29)10-26-32-19)3-5-18(12)28-20(30)27-14-2-4-17(22)16(9-14)21(23,24)25/h2-10H,11H2,1H3,(H2,27,28,30). The van der Waals surface area contributed by atoms with Crippen molar-refractivity contribution in [3.8, 4) is 5.75 Å². The van der Waals surface area contributed by atoms with E-state index in [2.05, 4.69) is 15.0 Å². The lowest BCUT2D eigenvalue weighted by Crippen LogP contribution is -2.23. The minimum atomic E-state index is -4.62. The molecule has 0 spiro atoms. The van der Waals surface area contributed by atoms with E-state index >= 15 is 0 Å². The van der Waals surface area contributed by atoms with Crippen LogP contribution in [0.25, 0.3) is 6.08 Å². The van der Waals surface area contributed by atoms with Crippen LogP contribution in [-0.2, 0) is 12.7 Å². The van der Waals surface area contributed by atoms with Crippen molar-refractivity contribution in [3.63, 3.8) is 0 Å². The Bertz CT molecular complexity index is 1200. The number of carbonyl (C=O) groups excluding carboxylic acids is 1. The number of carbonyl (C=O) groups is 1. The van der Waals surface area contributed by atoms with Crippen molar-refractivity contribution < 1.29 is 22.8 Å². The fourth-order valence-corrected chi connectivity index (χ4v) is 3.91. The average Bonchev–Trinajstić information content (AvgIpc) is 3.18. The number of alkyl halides is 3. The van der Waals surface area contributed by atoms with Gasteiger partial charge in [0.05, 0.1) is 22.0 Å². The van der Waals surface area contributed by atoms with Gasteiger partial charge >= 0.3 is 12.2 Å². The lowest BCUT2D eigenvalue weighted by atomic mass is 10.2. The van der Waals surface area contributed by atoms with E-state index in [4.69, 9.17) is 16.4 Å². The number of amides is 2. The number of anilines is 2. The molecule has 0 saturated heterocycles. The van der Waals surface area contributed by atoms with Crippen molar-refractivity contribution >= 4 is 46.6 Å². The van der Waals surface area contributed by atoms with Gasteiger partial charge in [-0.1, -0.05) is 11.6 Å². The molecule has 1 aliphatic heterocycles. The molecule has 11 heteroatoms.